The smallest absolute Gasteiger partial charge is 0.290 e. The molecule has 8 heteroatoms. The highest BCUT2D eigenvalue weighted by Gasteiger charge is 2.49. The first-order chi connectivity index (χ1) is 14.4. The third kappa shape index (κ3) is 4.12. The van der Waals surface area contributed by atoms with Gasteiger partial charge in [-0.2, -0.15) is 0 Å². The van der Waals surface area contributed by atoms with Crippen molar-refractivity contribution in [1.82, 2.24) is 14.4 Å². The van der Waals surface area contributed by atoms with Crippen molar-refractivity contribution in [3.8, 4) is 0 Å². The average molecular weight is 411 g/mol. The number of benzene rings is 1. The molecule has 1 aromatic heterocycles. The number of pyridine rings is 1. The Bertz CT molecular complexity index is 988. The van der Waals surface area contributed by atoms with E-state index in [1.165, 1.54) is 10.6 Å². The van der Waals surface area contributed by atoms with Crippen molar-refractivity contribution in [2.24, 2.45) is 18.9 Å². The quantitative estimate of drug-likeness (QED) is 0.753. The zero-order valence-electron chi connectivity index (χ0n) is 17.0. The fourth-order valence-corrected chi connectivity index (χ4v) is 4.48. The van der Waals surface area contributed by atoms with Crippen molar-refractivity contribution in [2.45, 2.75) is 13.0 Å². The number of aromatic nitrogens is 1. The van der Waals surface area contributed by atoms with Crippen molar-refractivity contribution >= 4 is 18.3 Å². The highest BCUT2D eigenvalue weighted by molar-refractivity contribution is 5.94. The summed E-state index contributed by atoms with van der Waals surface area (Å²) in [6.45, 7) is 3.24. The van der Waals surface area contributed by atoms with Crippen molar-refractivity contribution in [3.05, 3.63) is 70.1 Å². The third-order valence-corrected chi connectivity index (χ3v) is 5.85. The predicted octanol–water partition coefficient (Wildman–Crippen LogP) is 1.38. The molecule has 0 bridgehead atoms. The second kappa shape index (κ2) is 8.94. The lowest BCUT2D eigenvalue weighted by Gasteiger charge is -2.29. The molecule has 2 fully saturated rings. The molecule has 1 aromatic carbocycles. The Kier molecular flexibility index (Phi) is 6.34. The number of aryl methyl sites for hydroxylation is 1. The molecular formula is C22H25N3O5. The van der Waals surface area contributed by atoms with E-state index in [1.54, 1.807) is 26.2 Å². The lowest BCUT2D eigenvalue weighted by atomic mass is 9.89. The maximum atomic E-state index is 12.9. The van der Waals surface area contributed by atoms with E-state index < -0.39 is 0 Å². The first kappa shape index (κ1) is 21.3. The zero-order chi connectivity index (χ0) is 21.8. The number of hydrogen-bond acceptors (Lipinski definition) is 4. The van der Waals surface area contributed by atoms with Crippen molar-refractivity contribution < 1.29 is 19.5 Å². The van der Waals surface area contributed by atoms with E-state index in [0.717, 1.165) is 5.56 Å². The monoisotopic (exact) mass is 411 g/mol. The Morgan fingerprint density at radius 1 is 1.10 bits per heavy atom. The lowest BCUT2D eigenvalue weighted by molar-refractivity contribution is -0.130. The second-order valence-electron chi connectivity index (χ2n) is 7.63. The summed E-state index contributed by atoms with van der Waals surface area (Å²) in [7, 11) is 1.66. The Hall–Kier alpha value is -3.42. The van der Waals surface area contributed by atoms with Crippen LogP contribution in [-0.4, -0.2) is 57.4 Å². The van der Waals surface area contributed by atoms with E-state index in [2.05, 4.69) is 0 Å². The zero-order valence-corrected chi connectivity index (χ0v) is 17.0. The van der Waals surface area contributed by atoms with E-state index in [0.29, 0.717) is 25.2 Å². The predicted molar refractivity (Wildman–Crippen MR) is 110 cm³/mol. The number of nitrogens with zero attached hydrogens (tertiary/aromatic N) is 3. The minimum atomic E-state index is -0.250. The lowest BCUT2D eigenvalue weighted by Crippen LogP contribution is -2.36. The number of carboxylic acid groups (broad SMARTS) is 1. The minimum absolute atomic E-state index is 0.00450. The Balaban J connectivity index is 0.000000806. The topological polar surface area (TPSA) is 99.9 Å². The van der Waals surface area contributed by atoms with Gasteiger partial charge in [0.25, 0.3) is 17.9 Å². The van der Waals surface area contributed by atoms with Gasteiger partial charge in [0, 0.05) is 63.3 Å². The van der Waals surface area contributed by atoms with Crippen LogP contribution in [0, 0.1) is 11.8 Å². The van der Waals surface area contributed by atoms with E-state index in [4.69, 9.17) is 9.90 Å². The van der Waals surface area contributed by atoms with Crippen LogP contribution >= 0.6 is 0 Å². The number of hydrogen-bond donors (Lipinski definition) is 1. The number of likely N-dealkylation sites (tertiary alicyclic amines) is 2. The number of amides is 2. The van der Waals surface area contributed by atoms with Gasteiger partial charge < -0.3 is 19.5 Å². The maximum Gasteiger partial charge on any atom is 0.290 e. The van der Waals surface area contributed by atoms with Crippen molar-refractivity contribution in [2.75, 3.05) is 19.6 Å². The van der Waals surface area contributed by atoms with E-state index >= 15 is 0 Å². The molecule has 3 atom stereocenters. The van der Waals surface area contributed by atoms with Gasteiger partial charge in [0.15, 0.2) is 0 Å². The fraction of sp³-hybridized carbons (Fsp3) is 0.364. The van der Waals surface area contributed by atoms with Gasteiger partial charge in [-0.15, -0.1) is 0 Å². The van der Waals surface area contributed by atoms with Crippen LogP contribution in [0.4, 0.5) is 0 Å². The van der Waals surface area contributed by atoms with Crippen LogP contribution in [0.15, 0.2) is 53.5 Å². The van der Waals surface area contributed by atoms with E-state index in [1.807, 2.05) is 40.1 Å². The molecular weight excluding hydrogens is 386 g/mol. The van der Waals surface area contributed by atoms with Crippen LogP contribution < -0.4 is 5.56 Å². The van der Waals surface area contributed by atoms with Gasteiger partial charge in [-0.05, 0) is 11.6 Å². The Morgan fingerprint density at radius 3 is 2.37 bits per heavy atom. The summed E-state index contributed by atoms with van der Waals surface area (Å²) >= 11 is 0. The van der Waals surface area contributed by atoms with Crippen molar-refractivity contribution in [1.29, 1.82) is 0 Å². The normalized spacial score (nSPS) is 22.1. The van der Waals surface area contributed by atoms with E-state index in [9.17, 15) is 14.4 Å². The van der Waals surface area contributed by atoms with Crippen molar-refractivity contribution in [3.63, 3.8) is 0 Å². The molecule has 0 spiro atoms. The van der Waals surface area contributed by atoms with Gasteiger partial charge in [0.1, 0.15) is 0 Å². The highest BCUT2D eigenvalue weighted by atomic mass is 16.3. The molecule has 8 nitrogen and oxygen atoms in total. The van der Waals surface area contributed by atoms with Gasteiger partial charge in [-0.1, -0.05) is 30.3 Å². The van der Waals surface area contributed by atoms with Crippen LogP contribution in [0.2, 0.25) is 0 Å². The molecule has 30 heavy (non-hydrogen) atoms. The summed E-state index contributed by atoms with van der Waals surface area (Å²) in [4.78, 5) is 49.1. The molecule has 0 aliphatic carbocycles. The Morgan fingerprint density at radius 2 is 1.77 bits per heavy atom. The summed E-state index contributed by atoms with van der Waals surface area (Å²) in [6.07, 6.45) is 1.62. The molecule has 2 aliphatic rings. The SMILES string of the molecule is CC(=O)N1C[C@H]2CN(C(=O)c3ccn(C)c(=O)c3)C[C@H]2[C@H]1c1ccccc1.O=CO. The summed E-state index contributed by atoms with van der Waals surface area (Å²) < 4.78 is 1.45. The van der Waals surface area contributed by atoms with Crippen LogP contribution in [0.3, 0.4) is 0 Å². The van der Waals surface area contributed by atoms with Gasteiger partial charge in [0.2, 0.25) is 5.91 Å². The highest BCUT2D eigenvalue weighted by Crippen LogP contribution is 2.45. The molecule has 158 valence electrons. The molecule has 3 heterocycles. The molecule has 0 saturated carbocycles. The molecule has 2 aliphatic heterocycles. The molecule has 2 amide bonds. The van der Waals surface area contributed by atoms with Gasteiger partial charge >= 0.3 is 0 Å². The fourth-order valence-electron chi connectivity index (χ4n) is 4.48. The molecule has 2 saturated heterocycles. The van der Waals surface area contributed by atoms with Crippen LogP contribution in [-0.2, 0) is 16.6 Å². The maximum absolute atomic E-state index is 12.9. The molecule has 0 unspecified atom stereocenters. The summed E-state index contributed by atoms with van der Waals surface area (Å²) in [5, 5.41) is 6.89. The second-order valence-corrected chi connectivity index (χ2v) is 7.63. The summed E-state index contributed by atoms with van der Waals surface area (Å²) in [5.74, 6) is 0.437. The molecule has 0 radical (unpaired) electrons. The third-order valence-electron chi connectivity index (χ3n) is 5.85. The minimum Gasteiger partial charge on any atom is -0.483 e. The Labute approximate surface area is 174 Å². The van der Waals surface area contributed by atoms with E-state index in [-0.39, 0.29) is 41.7 Å². The molecule has 4 rings (SSSR count). The number of fused-ring (bicyclic) bond motifs is 1. The molecule has 2 aromatic rings. The number of rotatable bonds is 2. The summed E-state index contributed by atoms with van der Waals surface area (Å²) in [6, 6.07) is 13.1. The van der Waals surface area contributed by atoms with Crippen LogP contribution in [0.5, 0.6) is 0 Å². The van der Waals surface area contributed by atoms with Crippen LogP contribution in [0.25, 0.3) is 0 Å². The number of carbonyl (C=O) groups is 3. The molecule has 1 N–H and O–H groups in total. The van der Waals surface area contributed by atoms with Crippen LogP contribution in [0.1, 0.15) is 28.9 Å². The standard InChI is InChI=1S/C21H23N3O3.CH2O2/c1-14(25)24-12-17-11-23(21(27)16-8-9-22(2)19(26)10-16)13-18(17)20(24)15-6-4-3-5-7-15;2-1-3/h3-10,17-18,20H,11-13H2,1-2H3;1H,(H,2,3)/t17-,18-,20-;/m1./s1. The summed E-state index contributed by atoms with van der Waals surface area (Å²) in [5.41, 5.74) is 1.35. The van der Waals surface area contributed by atoms with Gasteiger partial charge in [0.05, 0.1) is 6.04 Å². The largest absolute Gasteiger partial charge is 0.483 e. The average Bonchev–Trinajstić information content (AvgIpc) is 3.29. The first-order valence-electron chi connectivity index (χ1n) is 9.73. The van der Waals surface area contributed by atoms with Gasteiger partial charge in [-0.3, -0.25) is 19.2 Å². The first-order valence-corrected chi connectivity index (χ1v) is 9.73. The van der Waals surface area contributed by atoms with Gasteiger partial charge in [-0.25, -0.2) is 0 Å². The number of carbonyl (C=O) groups excluding carboxylic acids is 2.